The molecule has 2 aromatic rings. The highest BCUT2D eigenvalue weighted by molar-refractivity contribution is 5.78. The Labute approximate surface area is 96.4 Å². The summed E-state index contributed by atoms with van der Waals surface area (Å²) in [6.07, 6.45) is -3.65. The SMILES string of the molecule is CNCCc1ccc2oc(C(F)(F)F)cc2c1. The van der Waals surface area contributed by atoms with Crippen molar-refractivity contribution in [2.24, 2.45) is 0 Å². The highest BCUT2D eigenvalue weighted by Crippen LogP contribution is 2.33. The molecule has 0 saturated carbocycles. The number of nitrogens with one attached hydrogen (secondary N) is 1. The van der Waals surface area contributed by atoms with Crippen molar-refractivity contribution in [2.45, 2.75) is 12.6 Å². The molecule has 2 rings (SSSR count). The van der Waals surface area contributed by atoms with Crippen LogP contribution in [0.3, 0.4) is 0 Å². The minimum absolute atomic E-state index is 0.269. The van der Waals surface area contributed by atoms with E-state index in [1.165, 1.54) is 0 Å². The van der Waals surface area contributed by atoms with Gasteiger partial charge in [0.15, 0.2) is 0 Å². The Kier molecular flexibility index (Phi) is 3.11. The van der Waals surface area contributed by atoms with Crippen molar-refractivity contribution in [3.05, 3.63) is 35.6 Å². The van der Waals surface area contributed by atoms with Crippen molar-refractivity contribution < 1.29 is 17.6 Å². The first kappa shape index (κ1) is 12.0. The molecule has 0 unspecified atom stereocenters. The first-order valence-electron chi connectivity index (χ1n) is 5.25. The van der Waals surface area contributed by atoms with Gasteiger partial charge in [-0.2, -0.15) is 13.2 Å². The van der Waals surface area contributed by atoms with Crippen molar-refractivity contribution in [2.75, 3.05) is 13.6 Å². The quantitative estimate of drug-likeness (QED) is 0.895. The molecule has 0 saturated heterocycles. The van der Waals surface area contributed by atoms with E-state index in [-0.39, 0.29) is 5.58 Å². The van der Waals surface area contributed by atoms with Gasteiger partial charge in [-0.3, -0.25) is 0 Å². The van der Waals surface area contributed by atoms with Gasteiger partial charge in [0, 0.05) is 5.39 Å². The lowest BCUT2D eigenvalue weighted by atomic mass is 10.1. The zero-order valence-corrected chi connectivity index (χ0v) is 9.27. The molecule has 2 nitrogen and oxygen atoms in total. The van der Waals surface area contributed by atoms with E-state index >= 15 is 0 Å². The molecule has 1 heterocycles. The molecule has 0 atom stereocenters. The van der Waals surface area contributed by atoms with E-state index in [1.807, 2.05) is 7.05 Å². The topological polar surface area (TPSA) is 25.2 Å². The number of hydrogen-bond acceptors (Lipinski definition) is 2. The number of likely N-dealkylation sites (N-methyl/N-ethyl adjacent to an activating group) is 1. The molecular weight excluding hydrogens is 231 g/mol. The normalized spacial score (nSPS) is 12.2. The van der Waals surface area contributed by atoms with Gasteiger partial charge >= 0.3 is 6.18 Å². The molecule has 92 valence electrons. The van der Waals surface area contributed by atoms with Gasteiger partial charge < -0.3 is 9.73 Å². The number of rotatable bonds is 3. The average molecular weight is 243 g/mol. The predicted octanol–water partition coefficient (Wildman–Crippen LogP) is 3.21. The highest BCUT2D eigenvalue weighted by atomic mass is 19.4. The summed E-state index contributed by atoms with van der Waals surface area (Å²) in [6.45, 7) is 0.787. The second-order valence-corrected chi connectivity index (χ2v) is 3.83. The standard InChI is InChI=1S/C12H12F3NO/c1-16-5-4-8-2-3-10-9(6-8)7-11(17-10)12(13,14)15/h2-3,6-7,16H,4-5H2,1H3. The van der Waals surface area contributed by atoms with Crippen LogP contribution in [0.1, 0.15) is 11.3 Å². The molecular formula is C12H12F3NO. The molecule has 0 fully saturated rings. The zero-order chi connectivity index (χ0) is 12.5. The minimum atomic E-state index is -4.43. The lowest BCUT2D eigenvalue weighted by Gasteiger charge is -1.99. The fourth-order valence-electron chi connectivity index (χ4n) is 1.66. The monoisotopic (exact) mass is 243 g/mol. The van der Waals surface area contributed by atoms with E-state index in [4.69, 9.17) is 4.42 Å². The third-order valence-electron chi connectivity index (χ3n) is 2.52. The minimum Gasteiger partial charge on any atom is -0.452 e. The first-order chi connectivity index (χ1) is 8.00. The van der Waals surface area contributed by atoms with Gasteiger partial charge in [0.05, 0.1) is 0 Å². The van der Waals surface area contributed by atoms with E-state index in [9.17, 15) is 13.2 Å². The van der Waals surface area contributed by atoms with Crippen LogP contribution in [0.25, 0.3) is 11.0 Å². The van der Waals surface area contributed by atoms with E-state index in [0.717, 1.165) is 24.6 Å². The molecule has 1 aromatic heterocycles. The Balaban J connectivity index is 2.34. The largest absolute Gasteiger partial charge is 0.452 e. The number of alkyl halides is 3. The Morgan fingerprint density at radius 3 is 2.65 bits per heavy atom. The summed E-state index contributed by atoms with van der Waals surface area (Å²) >= 11 is 0. The Bertz CT molecular complexity index is 516. The molecule has 0 spiro atoms. The maximum Gasteiger partial charge on any atom is 0.449 e. The van der Waals surface area contributed by atoms with Crippen molar-refractivity contribution in [1.29, 1.82) is 0 Å². The molecule has 17 heavy (non-hydrogen) atoms. The second-order valence-electron chi connectivity index (χ2n) is 3.83. The number of furan rings is 1. The van der Waals surface area contributed by atoms with Crippen molar-refractivity contribution >= 4 is 11.0 Å². The summed E-state index contributed by atoms with van der Waals surface area (Å²) in [7, 11) is 1.83. The fourth-order valence-corrected chi connectivity index (χ4v) is 1.66. The van der Waals surface area contributed by atoms with Crippen LogP contribution in [0.5, 0.6) is 0 Å². The highest BCUT2D eigenvalue weighted by Gasteiger charge is 2.35. The molecule has 0 radical (unpaired) electrons. The molecule has 1 aromatic carbocycles. The summed E-state index contributed by atoms with van der Waals surface area (Å²) in [4.78, 5) is 0. The molecule has 0 aliphatic rings. The maximum absolute atomic E-state index is 12.4. The molecule has 0 amide bonds. The van der Waals surface area contributed by atoms with Crippen molar-refractivity contribution in [3.8, 4) is 0 Å². The summed E-state index contributed by atoms with van der Waals surface area (Å²) in [5.41, 5.74) is 1.26. The van der Waals surface area contributed by atoms with Gasteiger partial charge in [-0.1, -0.05) is 6.07 Å². The second kappa shape index (κ2) is 4.41. The van der Waals surface area contributed by atoms with E-state index in [1.54, 1.807) is 18.2 Å². The van der Waals surface area contributed by atoms with Gasteiger partial charge in [-0.15, -0.1) is 0 Å². The predicted molar refractivity (Wildman–Crippen MR) is 58.8 cm³/mol. The zero-order valence-electron chi connectivity index (χ0n) is 9.27. The molecule has 0 bridgehead atoms. The van der Waals surface area contributed by atoms with Gasteiger partial charge in [0.25, 0.3) is 0 Å². The summed E-state index contributed by atoms with van der Waals surface area (Å²) in [5.74, 6) is -0.946. The van der Waals surface area contributed by atoms with Crippen LogP contribution < -0.4 is 5.32 Å². The van der Waals surface area contributed by atoms with Gasteiger partial charge in [0.1, 0.15) is 5.58 Å². The Morgan fingerprint density at radius 2 is 2.00 bits per heavy atom. The fraction of sp³-hybridized carbons (Fsp3) is 0.333. The average Bonchev–Trinajstić information content (AvgIpc) is 2.68. The summed E-state index contributed by atoms with van der Waals surface area (Å²) < 4.78 is 42.0. The van der Waals surface area contributed by atoms with Crippen LogP contribution in [0.15, 0.2) is 28.7 Å². The molecule has 0 aliphatic heterocycles. The Morgan fingerprint density at radius 1 is 1.24 bits per heavy atom. The van der Waals surface area contributed by atoms with Crippen LogP contribution in [0.2, 0.25) is 0 Å². The lowest BCUT2D eigenvalue weighted by Crippen LogP contribution is -2.09. The lowest BCUT2D eigenvalue weighted by molar-refractivity contribution is -0.152. The first-order valence-corrected chi connectivity index (χ1v) is 5.25. The number of fused-ring (bicyclic) bond motifs is 1. The molecule has 0 aliphatic carbocycles. The smallest absolute Gasteiger partial charge is 0.449 e. The van der Waals surface area contributed by atoms with Crippen molar-refractivity contribution in [3.63, 3.8) is 0 Å². The Hall–Kier alpha value is -1.49. The third kappa shape index (κ3) is 2.61. The third-order valence-corrected chi connectivity index (χ3v) is 2.52. The van der Waals surface area contributed by atoms with E-state index < -0.39 is 11.9 Å². The summed E-state index contributed by atoms with van der Waals surface area (Å²) in [5, 5.41) is 3.48. The van der Waals surface area contributed by atoms with Crippen LogP contribution >= 0.6 is 0 Å². The maximum atomic E-state index is 12.4. The number of benzene rings is 1. The number of halogens is 3. The van der Waals surface area contributed by atoms with Crippen molar-refractivity contribution in [1.82, 2.24) is 5.32 Å². The molecule has 1 N–H and O–H groups in total. The summed E-state index contributed by atoms with van der Waals surface area (Å²) in [6, 6.07) is 6.13. The van der Waals surface area contributed by atoms with Gasteiger partial charge in [-0.05, 0) is 43.8 Å². The molecule has 5 heteroatoms. The van der Waals surface area contributed by atoms with E-state index in [0.29, 0.717) is 5.39 Å². The van der Waals surface area contributed by atoms with Crippen LogP contribution in [0.4, 0.5) is 13.2 Å². The van der Waals surface area contributed by atoms with Crippen LogP contribution in [-0.2, 0) is 12.6 Å². The van der Waals surface area contributed by atoms with Crippen LogP contribution in [0, 0.1) is 0 Å². The van der Waals surface area contributed by atoms with E-state index in [2.05, 4.69) is 5.32 Å². The van der Waals surface area contributed by atoms with Gasteiger partial charge in [-0.25, -0.2) is 0 Å². The van der Waals surface area contributed by atoms with Gasteiger partial charge in [0.2, 0.25) is 5.76 Å². The van der Waals surface area contributed by atoms with Crippen LogP contribution in [-0.4, -0.2) is 13.6 Å². The number of hydrogen-bond donors (Lipinski definition) is 1.